The molecule has 1 amide bonds. The van der Waals surface area contributed by atoms with Crippen LogP contribution in [0.5, 0.6) is 0 Å². The standard InChI is InChI=1S/C22H21ClN6O/c23-18-10-8-17(9-11-18)20-14-19(16-6-2-1-3-7-16)28(22-24-25-26-29(20)22)15-21(30)27-12-4-5-13-27/h1-3,6-11,14,20H,4-5,12-13,15H2/t20-/m0/s1. The lowest BCUT2D eigenvalue weighted by Crippen LogP contribution is -2.41. The lowest BCUT2D eigenvalue weighted by molar-refractivity contribution is -0.128. The van der Waals surface area contributed by atoms with Gasteiger partial charge in [0.1, 0.15) is 12.6 Å². The molecule has 152 valence electrons. The van der Waals surface area contributed by atoms with Crippen molar-refractivity contribution in [2.75, 3.05) is 24.5 Å². The Morgan fingerprint density at radius 2 is 1.77 bits per heavy atom. The van der Waals surface area contributed by atoms with Crippen molar-refractivity contribution in [3.05, 3.63) is 76.8 Å². The van der Waals surface area contributed by atoms with Crippen LogP contribution in [0.2, 0.25) is 5.02 Å². The number of hydrogen-bond acceptors (Lipinski definition) is 5. The number of halogens is 1. The average molecular weight is 421 g/mol. The second kappa shape index (κ2) is 7.91. The van der Waals surface area contributed by atoms with Gasteiger partial charge in [-0.05, 0) is 52.6 Å². The molecule has 7 nitrogen and oxygen atoms in total. The normalized spacial score (nSPS) is 18.3. The van der Waals surface area contributed by atoms with Gasteiger partial charge in [0.2, 0.25) is 5.91 Å². The number of allylic oxidation sites excluding steroid dienone is 1. The quantitative estimate of drug-likeness (QED) is 0.647. The van der Waals surface area contributed by atoms with E-state index in [-0.39, 0.29) is 18.5 Å². The largest absolute Gasteiger partial charge is 0.341 e. The fraction of sp³-hybridized carbons (Fsp3) is 0.273. The molecule has 2 aromatic carbocycles. The first-order valence-corrected chi connectivity index (χ1v) is 10.4. The van der Waals surface area contributed by atoms with E-state index in [1.165, 1.54) is 0 Å². The number of amides is 1. The fourth-order valence-corrected chi connectivity index (χ4v) is 4.21. The van der Waals surface area contributed by atoms with Gasteiger partial charge in [-0.25, -0.2) is 0 Å². The molecule has 0 spiro atoms. The number of tetrazole rings is 1. The van der Waals surface area contributed by atoms with E-state index in [0.717, 1.165) is 42.8 Å². The molecule has 0 saturated carbocycles. The molecule has 1 aromatic heterocycles. The van der Waals surface area contributed by atoms with Crippen LogP contribution >= 0.6 is 11.6 Å². The van der Waals surface area contributed by atoms with Gasteiger partial charge in [0.25, 0.3) is 5.95 Å². The lowest BCUT2D eigenvalue weighted by Gasteiger charge is -2.33. The molecule has 2 aliphatic heterocycles. The third kappa shape index (κ3) is 3.45. The maximum atomic E-state index is 13.0. The van der Waals surface area contributed by atoms with Crippen molar-refractivity contribution >= 4 is 29.2 Å². The molecule has 3 heterocycles. The first kappa shape index (κ1) is 18.8. The van der Waals surface area contributed by atoms with Crippen LogP contribution in [0.3, 0.4) is 0 Å². The number of benzene rings is 2. The minimum Gasteiger partial charge on any atom is -0.341 e. The van der Waals surface area contributed by atoms with Crippen molar-refractivity contribution in [1.82, 2.24) is 25.1 Å². The molecule has 2 aliphatic rings. The average Bonchev–Trinajstić information content (AvgIpc) is 3.48. The summed E-state index contributed by atoms with van der Waals surface area (Å²) in [6.45, 7) is 1.83. The Kier molecular flexibility index (Phi) is 4.96. The smallest absolute Gasteiger partial charge is 0.251 e. The molecule has 5 rings (SSSR count). The zero-order chi connectivity index (χ0) is 20.5. The fourth-order valence-electron chi connectivity index (χ4n) is 4.08. The van der Waals surface area contributed by atoms with Gasteiger partial charge in [-0.1, -0.05) is 59.2 Å². The summed E-state index contributed by atoms with van der Waals surface area (Å²) in [6.07, 6.45) is 4.23. The van der Waals surface area contributed by atoms with Gasteiger partial charge >= 0.3 is 0 Å². The minimum atomic E-state index is -0.194. The topological polar surface area (TPSA) is 67.2 Å². The van der Waals surface area contributed by atoms with E-state index in [0.29, 0.717) is 11.0 Å². The predicted octanol–water partition coefficient (Wildman–Crippen LogP) is 3.40. The molecule has 8 heteroatoms. The van der Waals surface area contributed by atoms with Gasteiger partial charge in [0.05, 0.1) is 5.70 Å². The molecule has 0 N–H and O–H groups in total. The second-order valence-electron chi connectivity index (χ2n) is 7.51. The van der Waals surface area contributed by atoms with E-state index in [1.54, 1.807) is 4.68 Å². The SMILES string of the molecule is O=C(CN1C(c2ccccc2)=C[C@@H](c2ccc(Cl)cc2)n2nnnc21)N1CCCC1. The highest BCUT2D eigenvalue weighted by molar-refractivity contribution is 6.30. The van der Waals surface area contributed by atoms with E-state index in [4.69, 9.17) is 11.6 Å². The summed E-state index contributed by atoms with van der Waals surface area (Å²) in [4.78, 5) is 16.8. The summed E-state index contributed by atoms with van der Waals surface area (Å²) >= 11 is 6.08. The molecule has 30 heavy (non-hydrogen) atoms. The molecular formula is C22H21ClN6O. The van der Waals surface area contributed by atoms with E-state index in [1.807, 2.05) is 64.4 Å². The zero-order valence-corrected chi connectivity index (χ0v) is 17.1. The van der Waals surface area contributed by atoms with Gasteiger partial charge in [0, 0.05) is 18.1 Å². The Bertz CT molecular complexity index is 1070. The monoisotopic (exact) mass is 420 g/mol. The summed E-state index contributed by atoms with van der Waals surface area (Å²) in [5, 5.41) is 13.1. The van der Waals surface area contributed by atoms with E-state index >= 15 is 0 Å². The minimum absolute atomic E-state index is 0.0915. The maximum Gasteiger partial charge on any atom is 0.251 e. The first-order chi connectivity index (χ1) is 14.7. The maximum absolute atomic E-state index is 13.0. The van der Waals surface area contributed by atoms with Crippen LogP contribution in [-0.4, -0.2) is 50.6 Å². The van der Waals surface area contributed by atoms with Gasteiger partial charge < -0.3 is 4.90 Å². The Morgan fingerprint density at radius 1 is 1.03 bits per heavy atom. The summed E-state index contributed by atoms with van der Waals surface area (Å²) in [5.41, 5.74) is 2.96. The van der Waals surface area contributed by atoms with Gasteiger partial charge in [-0.3, -0.25) is 9.69 Å². The molecule has 3 aromatic rings. The summed E-state index contributed by atoms with van der Waals surface area (Å²) in [7, 11) is 0. The van der Waals surface area contributed by atoms with Crippen LogP contribution in [0.25, 0.3) is 5.70 Å². The highest BCUT2D eigenvalue weighted by Gasteiger charge is 2.33. The van der Waals surface area contributed by atoms with E-state index in [9.17, 15) is 4.79 Å². The van der Waals surface area contributed by atoms with Crippen LogP contribution in [-0.2, 0) is 4.79 Å². The van der Waals surface area contributed by atoms with Crippen molar-refractivity contribution in [3.63, 3.8) is 0 Å². The van der Waals surface area contributed by atoms with Crippen LogP contribution in [0, 0.1) is 0 Å². The van der Waals surface area contributed by atoms with E-state index < -0.39 is 0 Å². The number of nitrogens with zero attached hydrogens (tertiary/aromatic N) is 6. The molecule has 0 radical (unpaired) electrons. The number of likely N-dealkylation sites (tertiary alicyclic amines) is 1. The zero-order valence-electron chi connectivity index (χ0n) is 16.4. The third-order valence-electron chi connectivity index (χ3n) is 5.62. The highest BCUT2D eigenvalue weighted by atomic mass is 35.5. The van der Waals surface area contributed by atoms with Crippen LogP contribution in [0.4, 0.5) is 5.95 Å². The molecule has 1 atom stereocenters. The first-order valence-electron chi connectivity index (χ1n) is 10.1. The van der Waals surface area contributed by atoms with Crippen molar-refractivity contribution in [3.8, 4) is 0 Å². The molecule has 1 fully saturated rings. The van der Waals surface area contributed by atoms with Crippen LogP contribution in [0.15, 0.2) is 60.7 Å². The Labute approximate surface area is 179 Å². The molecule has 1 saturated heterocycles. The molecule has 0 unspecified atom stereocenters. The Morgan fingerprint density at radius 3 is 2.50 bits per heavy atom. The number of carbonyl (C=O) groups is 1. The van der Waals surface area contributed by atoms with Crippen molar-refractivity contribution in [2.45, 2.75) is 18.9 Å². The Balaban J connectivity index is 1.58. The number of anilines is 1. The van der Waals surface area contributed by atoms with Gasteiger partial charge in [-0.2, -0.15) is 4.68 Å². The summed E-state index contributed by atoms with van der Waals surface area (Å²) in [5.74, 6) is 0.651. The molecule has 0 bridgehead atoms. The Hall–Kier alpha value is -3.19. The summed E-state index contributed by atoms with van der Waals surface area (Å²) in [6, 6.07) is 17.5. The molecular weight excluding hydrogens is 400 g/mol. The number of rotatable bonds is 4. The number of aromatic nitrogens is 4. The van der Waals surface area contributed by atoms with Crippen LogP contribution < -0.4 is 4.90 Å². The highest BCUT2D eigenvalue weighted by Crippen LogP contribution is 2.36. The number of fused-ring (bicyclic) bond motifs is 1. The van der Waals surface area contributed by atoms with Crippen LogP contribution in [0.1, 0.15) is 30.0 Å². The number of hydrogen-bond donors (Lipinski definition) is 0. The number of carbonyl (C=O) groups excluding carboxylic acids is 1. The van der Waals surface area contributed by atoms with Crippen molar-refractivity contribution in [2.24, 2.45) is 0 Å². The van der Waals surface area contributed by atoms with E-state index in [2.05, 4.69) is 21.6 Å². The van der Waals surface area contributed by atoms with Crippen molar-refractivity contribution in [1.29, 1.82) is 0 Å². The molecule has 0 aliphatic carbocycles. The van der Waals surface area contributed by atoms with Gasteiger partial charge in [0.15, 0.2) is 0 Å². The predicted molar refractivity (Wildman–Crippen MR) is 115 cm³/mol. The van der Waals surface area contributed by atoms with Gasteiger partial charge in [-0.15, -0.1) is 0 Å². The third-order valence-corrected chi connectivity index (χ3v) is 5.87. The lowest BCUT2D eigenvalue weighted by atomic mass is 10.0. The summed E-state index contributed by atoms with van der Waals surface area (Å²) < 4.78 is 1.76. The second-order valence-corrected chi connectivity index (χ2v) is 7.95. The van der Waals surface area contributed by atoms with Crippen molar-refractivity contribution < 1.29 is 4.79 Å².